The van der Waals surface area contributed by atoms with Gasteiger partial charge >= 0.3 is 0 Å². The molecule has 2 aliphatic rings. The molecule has 144 valence electrons. The molecule has 0 radical (unpaired) electrons. The second kappa shape index (κ2) is 8.40. The van der Waals surface area contributed by atoms with Gasteiger partial charge in [0.2, 0.25) is 5.91 Å². The number of ether oxygens (including phenoxy) is 1. The molecule has 3 rings (SSSR count). The second-order valence-corrected chi connectivity index (χ2v) is 8.00. The maximum atomic E-state index is 12.2. The molecule has 2 heterocycles. The van der Waals surface area contributed by atoms with Crippen molar-refractivity contribution >= 4 is 5.91 Å². The minimum absolute atomic E-state index is 0.152. The maximum absolute atomic E-state index is 12.2. The molecule has 1 aromatic carbocycles. The molecule has 1 amide bonds. The molecule has 1 aromatic rings. The van der Waals surface area contributed by atoms with Crippen LogP contribution in [0.5, 0.6) is 5.75 Å². The van der Waals surface area contributed by atoms with Gasteiger partial charge in [-0.3, -0.25) is 9.69 Å². The van der Waals surface area contributed by atoms with Gasteiger partial charge in [0, 0.05) is 44.6 Å². The summed E-state index contributed by atoms with van der Waals surface area (Å²) < 4.78 is 5.32. The highest BCUT2D eigenvalue weighted by atomic mass is 16.5. The van der Waals surface area contributed by atoms with Crippen LogP contribution in [0.3, 0.4) is 0 Å². The molecule has 0 aromatic heterocycles. The van der Waals surface area contributed by atoms with Crippen LogP contribution in [0, 0.1) is 12.3 Å². The van der Waals surface area contributed by atoms with E-state index in [9.17, 15) is 4.79 Å². The van der Waals surface area contributed by atoms with Crippen LogP contribution in [-0.4, -0.2) is 60.7 Å². The lowest BCUT2D eigenvalue weighted by Gasteiger charge is -2.48. The average molecular weight is 360 g/mol. The molecule has 2 fully saturated rings. The number of hydrogen-bond donors (Lipinski definition) is 1. The number of methoxy groups -OCH3 is 1. The lowest BCUT2D eigenvalue weighted by molar-refractivity contribution is -0.139. The van der Waals surface area contributed by atoms with E-state index in [2.05, 4.69) is 24.0 Å². The molecule has 5 heteroatoms. The van der Waals surface area contributed by atoms with E-state index in [4.69, 9.17) is 9.84 Å². The Kier molecular flexibility index (Phi) is 6.20. The fraction of sp³-hybridized carbons (Fsp3) is 0.667. The van der Waals surface area contributed by atoms with Crippen molar-refractivity contribution in [2.75, 3.05) is 39.9 Å². The zero-order valence-electron chi connectivity index (χ0n) is 16.2. The van der Waals surface area contributed by atoms with Gasteiger partial charge in [0.15, 0.2) is 0 Å². The number of amides is 1. The van der Waals surface area contributed by atoms with Gasteiger partial charge in [-0.05, 0) is 62.4 Å². The molecule has 0 bridgehead atoms. The fourth-order valence-corrected chi connectivity index (χ4v) is 4.56. The first kappa shape index (κ1) is 19.2. The van der Waals surface area contributed by atoms with Crippen molar-refractivity contribution in [3.05, 3.63) is 29.3 Å². The first-order chi connectivity index (χ1) is 12.5. The van der Waals surface area contributed by atoms with Crippen LogP contribution >= 0.6 is 0 Å². The van der Waals surface area contributed by atoms with E-state index in [1.165, 1.54) is 24.0 Å². The number of aryl methyl sites for hydroxylation is 1. The Balaban J connectivity index is 1.66. The Morgan fingerprint density at radius 1 is 1.27 bits per heavy atom. The highest BCUT2D eigenvalue weighted by Gasteiger charge is 2.41. The number of aliphatic hydroxyl groups excluding tert-OH is 1. The van der Waals surface area contributed by atoms with Crippen molar-refractivity contribution in [2.45, 2.75) is 45.6 Å². The number of nitrogens with zero attached hydrogens (tertiary/aromatic N) is 2. The molecule has 2 aliphatic heterocycles. The Labute approximate surface area is 156 Å². The van der Waals surface area contributed by atoms with Crippen LogP contribution in [0.15, 0.2) is 18.2 Å². The average Bonchev–Trinajstić information content (AvgIpc) is 2.64. The standard InChI is InChI=1S/C21H32N2O3/c1-17-13-19(26-2)6-5-18(17)14-22-10-3-8-21(15-22)9-7-20(25)23(16-21)11-4-12-24/h5-6,13,24H,3-4,7-12,14-16H2,1-2H3/t21-/m1/s1. The van der Waals surface area contributed by atoms with Gasteiger partial charge in [-0.15, -0.1) is 0 Å². The van der Waals surface area contributed by atoms with Crippen LogP contribution in [0.1, 0.15) is 43.2 Å². The lowest BCUT2D eigenvalue weighted by Crippen LogP contribution is -2.54. The normalized spacial score (nSPS) is 24.3. The minimum Gasteiger partial charge on any atom is -0.497 e. The van der Waals surface area contributed by atoms with Gasteiger partial charge in [-0.1, -0.05) is 6.07 Å². The Morgan fingerprint density at radius 2 is 2.12 bits per heavy atom. The fourth-order valence-electron chi connectivity index (χ4n) is 4.56. The molecule has 0 aliphatic carbocycles. The lowest BCUT2D eigenvalue weighted by atomic mass is 9.73. The maximum Gasteiger partial charge on any atom is 0.222 e. The predicted octanol–water partition coefficient (Wildman–Crippen LogP) is 2.59. The number of likely N-dealkylation sites (tertiary alicyclic amines) is 2. The first-order valence-corrected chi connectivity index (χ1v) is 9.80. The molecule has 1 atom stereocenters. The molecule has 1 N–H and O–H groups in total. The minimum atomic E-state index is 0.152. The third-order valence-electron chi connectivity index (χ3n) is 6.02. The monoisotopic (exact) mass is 360 g/mol. The van der Waals surface area contributed by atoms with Crippen molar-refractivity contribution in [3.63, 3.8) is 0 Å². The van der Waals surface area contributed by atoms with Gasteiger partial charge < -0.3 is 14.7 Å². The Bertz CT molecular complexity index is 634. The van der Waals surface area contributed by atoms with Crippen LogP contribution in [0.2, 0.25) is 0 Å². The molecule has 0 saturated carbocycles. The van der Waals surface area contributed by atoms with Gasteiger partial charge in [0.25, 0.3) is 0 Å². The summed E-state index contributed by atoms with van der Waals surface area (Å²) in [4.78, 5) is 16.8. The summed E-state index contributed by atoms with van der Waals surface area (Å²) in [6, 6.07) is 6.32. The summed E-state index contributed by atoms with van der Waals surface area (Å²) in [6.07, 6.45) is 4.72. The zero-order valence-corrected chi connectivity index (χ0v) is 16.2. The number of hydrogen-bond acceptors (Lipinski definition) is 4. The molecule has 0 unspecified atom stereocenters. The summed E-state index contributed by atoms with van der Waals surface area (Å²) >= 11 is 0. The van der Waals surface area contributed by atoms with Gasteiger partial charge in [0.1, 0.15) is 5.75 Å². The molecule has 2 saturated heterocycles. The molecule has 1 spiro atoms. The number of piperidine rings is 2. The van der Waals surface area contributed by atoms with Crippen LogP contribution in [-0.2, 0) is 11.3 Å². The molecular weight excluding hydrogens is 328 g/mol. The predicted molar refractivity (Wildman–Crippen MR) is 102 cm³/mol. The van der Waals surface area contributed by atoms with E-state index in [-0.39, 0.29) is 17.9 Å². The number of carbonyl (C=O) groups is 1. The number of aliphatic hydroxyl groups is 1. The first-order valence-electron chi connectivity index (χ1n) is 9.80. The van der Waals surface area contributed by atoms with Gasteiger partial charge in [0.05, 0.1) is 7.11 Å². The van der Waals surface area contributed by atoms with Crippen LogP contribution in [0.4, 0.5) is 0 Å². The number of rotatable bonds is 6. The number of benzene rings is 1. The van der Waals surface area contributed by atoms with Gasteiger partial charge in [-0.25, -0.2) is 0 Å². The molecule has 26 heavy (non-hydrogen) atoms. The molecule has 5 nitrogen and oxygen atoms in total. The van der Waals surface area contributed by atoms with Crippen LogP contribution in [0.25, 0.3) is 0 Å². The summed E-state index contributed by atoms with van der Waals surface area (Å²) in [5.41, 5.74) is 2.85. The quantitative estimate of drug-likeness (QED) is 0.847. The zero-order chi connectivity index (χ0) is 18.6. The molecular formula is C21H32N2O3. The van der Waals surface area contributed by atoms with E-state index in [1.54, 1.807) is 7.11 Å². The highest BCUT2D eigenvalue weighted by Crippen LogP contribution is 2.39. The smallest absolute Gasteiger partial charge is 0.222 e. The Morgan fingerprint density at radius 3 is 2.85 bits per heavy atom. The third-order valence-corrected chi connectivity index (χ3v) is 6.02. The van der Waals surface area contributed by atoms with E-state index < -0.39 is 0 Å². The van der Waals surface area contributed by atoms with E-state index in [0.29, 0.717) is 19.4 Å². The van der Waals surface area contributed by atoms with Crippen molar-refractivity contribution in [3.8, 4) is 5.75 Å². The highest BCUT2D eigenvalue weighted by molar-refractivity contribution is 5.77. The Hall–Kier alpha value is -1.59. The second-order valence-electron chi connectivity index (χ2n) is 8.00. The summed E-state index contributed by atoms with van der Waals surface area (Å²) in [7, 11) is 1.70. The van der Waals surface area contributed by atoms with Crippen LogP contribution < -0.4 is 4.74 Å². The summed E-state index contributed by atoms with van der Waals surface area (Å²) in [6.45, 7) is 6.98. The van der Waals surface area contributed by atoms with E-state index >= 15 is 0 Å². The number of carbonyl (C=O) groups excluding carboxylic acids is 1. The van der Waals surface area contributed by atoms with Crippen molar-refractivity contribution in [1.29, 1.82) is 0 Å². The van der Waals surface area contributed by atoms with Crippen molar-refractivity contribution in [1.82, 2.24) is 9.80 Å². The third kappa shape index (κ3) is 4.38. The summed E-state index contributed by atoms with van der Waals surface area (Å²) in [5, 5.41) is 9.10. The topological polar surface area (TPSA) is 53.0 Å². The van der Waals surface area contributed by atoms with Crippen molar-refractivity contribution in [2.24, 2.45) is 5.41 Å². The largest absolute Gasteiger partial charge is 0.497 e. The summed E-state index contributed by atoms with van der Waals surface area (Å²) in [5.74, 6) is 1.17. The van der Waals surface area contributed by atoms with Crippen molar-refractivity contribution < 1.29 is 14.6 Å². The van der Waals surface area contributed by atoms with E-state index in [0.717, 1.165) is 38.3 Å². The van der Waals surface area contributed by atoms with E-state index in [1.807, 2.05) is 11.0 Å². The SMILES string of the molecule is COc1ccc(CN2CCC[C@@]3(CCC(=O)N(CCCO)C3)C2)c(C)c1. The van der Waals surface area contributed by atoms with Gasteiger partial charge in [-0.2, -0.15) is 0 Å².